The molecular weight excluding hydrogens is 428 g/mol. The van der Waals surface area contributed by atoms with Crippen LogP contribution in [0.25, 0.3) is 22.4 Å². The molecule has 0 fully saturated rings. The molecule has 0 unspecified atom stereocenters. The van der Waals surface area contributed by atoms with Crippen LogP contribution in [0.15, 0.2) is 59.3 Å². The van der Waals surface area contributed by atoms with Crippen LogP contribution in [0, 0.1) is 13.8 Å². The number of rotatable bonds is 6. The van der Waals surface area contributed by atoms with E-state index in [1.807, 2.05) is 44.9 Å². The van der Waals surface area contributed by atoms with Crippen molar-refractivity contribution in [1.29, 1.82) is 0 Å². The average molecular weight is 449 g/mol. The molecule has 31 heavy (non-hydrogen) atoms. The molecule has 0 radical (unpaired) electrons. The van der Waals surface area contributed by atoms with Crippen molar-refractivity contribution in [2.45, 2.75) is 25.5 Å². The van der Waals surface area contributed by atoms with Gasteiger partial charge >= 0.3 is 0 Å². The summed E-state index contributed by atoms with van der Waals surface area (Å²) in [5.41, 5.74) is 6.04. The Kier molecular flexibility index (Phi) is 5.21. The van der Waals surface area contributed by atoms with Gasteiger partial charge in [-0.1, -0.05) is 30.0 Å². The fourth-order valence-electron chi connectivity index (χ4n) is 3.31. The Labute approximate surface area is 187 Å². The smallest absolute Gasteiger partial charge is 0.230 e. The van der Waals surface area contributed by atoms with Crippen molar-refractivity contribution in [2.75, 3.05) is 5.75 Å². The van der Waals surface area contributed by atoms with Gasteiger partial charge in [0.1, 0.15) is 5.52 Å². The molecule has 5 aromatic rings. The minimum atomic E-state index is -0.0300. The van der Waals surface area contributed by atoms with E-state index in [4.69, 9.17) is 5.10 Å². The third-order valence-electron chi connectivity index (χ3n) is 5.16. The first-order valence-electron chi connectivity index (χ1n) is 9.81. The summed E-state index contributed by atoms with van der Waals surface area (Å²) in [6, 6.07) is 12.4. The first kappa shape index (κ1) is 19.8. The van der Waals surface area contributed by atoms with Crippen molar-refractivity contribution < 1.29 is 4.79 Å². The van der Waals surface area contributed by atoms with E-state index in [0.717, 1.165) is 21.7 Å². The molecule has 0 saturated carbocycles. The van der Waals surface area contributed by atoms with Crippen molar-refractivity contribution >= 4 is 40.2 Å². The van der Waals surface area contributed by atoms with Crippen LogP contribution in [-0.4, -0.2) is 35.9 Å². The second kappa shape index (κ2) is 8.16. The number of carbonyl (C=O) groups excluding carboxylic acids is 1. The highest BCUT2D eigenvalue weighted by molar-refractivity contribution is 7.99. The van der Waals surface area contributed by atoms with Crippen LogP contribution in [0.3, 0.4) is 0 Å². The standard InChI is InChI=1S/C22H20N6OS2/c1-14-5-6-16(10-15(14)2)18-11-19-21-24-25-22(27(21)7-8-28(19)26-18)31-13-20(29)23-12-17-4-3-9-30-17/h3-11H,12-13H2,1-2H3,(H,23,29). The number of benzene rings is 1. The van der Waals surface area contributed by atoms with Crippen LogP contribution in [0.5, 0.6) is 0 Å². The second-order valence-corrected chi connectivity index (χ2v) is 9.25. The molecule has 9 heteroatoms. The predicted molar refractivity (Wildman–Crippen MR) is 124 cm³/mol. The van der Waals surface area contributed by atoms with Crippen molar-refractivity contribution in [2.24, 2.45) is 0 Å². The summed E-state index contributed by atoms with van der Waals surface area (Å²) in [5, 5.41) is 19.0. The van der Waals surface area contributed by atoms with E-state index < -0.39 is 0 Å². The fourth-order valence-corrected chi connectivity index (χ4v) is 4.70. The van der Waals surface area contributed by atoms with Gasteiger partial charge in [0.05, 0.1) is 18.0 Å². The Morgan fingerprint density at radius 3 is 2.84 bits per heavy atom. The molecule has 0 aliphatic heterocycles. The van der Waals surface area contributed by atoms with E-state index in [1.54, 1.807) is 11.3 Å². The monoisotopic (exact) mass is 448 g/mol. The second-order valence-electron chi connectivity index (χ2n) is 7.28. The van der Waals surface area contributed by atoms with E-state index in [2.05, 4.69) is 47.6 Å². The first-order valence-corrected chi connectivity index (χ1v) is 11.7. The largest absolute Gasteiger partial charge is 0.350 e. The highest BCUT2D eigenvalue weighted by Gasteiger charge is 2.14. The molecule has 7 nitrogen and oxygen atoms in total. The topological polar surface area (TPSA) is 76.6 Å². The molecule has 0 aliphatic rings. The summed E-state index contributed by atoms with van der Waals surface area (Å²) in [7, 11) is 0. The highest BCUT2D eigenvalue weighted by Crippen LogP contribution is 2.25. The minimum Gasteiger partial charge on any atom is -0.350 e. The molecule has 0 aliphatic carbocycles. The lowest BCUT2D eigenvalue weighted by molar-refractivity contribution is -0.118. The van der Waals surface area contributed by atoms with Gasteiger partial charge in [-0.25, -0.2) is 4.52 Å². The van der Waals surface area contributed by atoms with Gasteiger partial charge < -0.3 is 5.32 Å². The van der Waals surface area contributed by atoms with Gasteiger partial charge in [0, 0.05) is 22.8 Å². The van der Waals surface area contributed by atoms with Gasteiger partial charge in [0.15, 0.2) is 10.8 Å². The van der Waals surface area contributed by atoms with E-state index in [1.165, 1.54) is 22.9 Å². The van der Waals surface area contributed by atoms with E-state index in [0.29, 0.717) is 17.3 Å². The van der Waals surface area contributed by atoms with Gasteiger partial charge in [-0.3, -0.25) is 9.20 Å². The zero-order valence-electron chi connectivity index (χ0n) is 17.1. The summed E-state index contributed by atoms with van der Waals surface area (Å²) < 4.78 is 3.72. The van der Waals surface area contributed by atoms with Gasteiger partial charge in [-0.2, -0.15) is 5.10 Å². The molecule has 5 rings (SSSR count). The van der Waals surface area contributed by atoms with Crippen LogP contribution in [0.1, 0.15) is 16.0 Å². The Hall–Kier alpha value is -3.17. The number of carbonyl (C=O) groups is 1. The maximum atomic E-state index is 12.2. The van der Waals surface area contributed by atoms with Crippen LogP contribution >= 0.6 is 23.1 Å². The summed E-state index contributed by atoms with van der Waals surface area (Å²) >= 11 is 3.00. The maximum absolute atomic E-state index is 12.2. The van der Waals surface area contributed by atoms with E-state index >= 15 is 0 Å². The number of fused-ring (bicyclic) bond motifs is 3. The third kappa shape index (κ3) is 3.94. The number of aryl methyl sites for hydroxylation is 2. The zero-order chi connectivity index (χ0) is 21.4. The van der Waals surface area contributed by atoms with Crippen LogP contribution < -0.4 is 5.32 Å². The zero-order valence-corrected chi connectivity index (χ0v) is 18.7. The lowest BCUT2D eigenvalue weighted by atomic mass is 10.0. The number of nitrogens with zero attached hydrogens (tertiary/aromatic N) is 5. The summed E-state index contributed by atoms with van der Waals surface area (Å²) in [5.74, 6) is 0.252. The predicted octanol–water partition coefficient (Wildman–Crippen LogP) is 4.13. The molecule has 0 bridgehead atoms. The normalized spacial score (nSPS) is 11.4. The highest BCUT2D eigenvalue weighted by atomic mass is 32.2. The first-order chi connectivity index (χ1) is 15.1. The van der Waals surface area contributed by atoms with Gasteiger partial charge in [-0.15, -0.1) is 21.5 Å². The Morgan fingerprint density at radius 2 is 2.03 bits per heavy atom. The van der Waals surface area contributed by atoms with Crippen molar-refractivity contribution in [3.8, 4) is 11.3 Å². The number of aromatic nitrogens is 5. The molecule has 4 aromatic heterocycles. The van der Waals surface area contributed by atoms with Crippen LogP contribution in [0.2, 0.25) is 0 Å². The van der Waals surface area contributed by atoms with Gasteiger partial charge in [0.2, 0.25) is 5.91 Å². The van der Waals surface area contributed by atoms with Crippen molar-refractivity contribution in [3.05, 3.63) is 70.2 Å². The number of nitrogens with one attached hydrogen (secondary N) is 1. The van der Waals surface area contributed by atoms with Crippen LogP contribution in [-0.2, 0) is 11.3 Å². The Bertz CT molecular complexity index is 1390. The number of amides is 1. The minimum absolute atomic E-state index is 0.0300. The van der Waals surface area contributed by atoms with Crippen LogP contribution in [0.4, 0.5) is 0 Å². The number of hydrogen-bond acceptors (Lipinski definition) is 6. The molecule has 1 N–H and O–H groups in total. The average Bonchev–Trinajstić information content (AvgIpc) is 3.51. The lowest BCUT2D eigenvalue weighted by Crippen LogP contribution is -2.24. The summed E-state index contributed by atoms with van der Waals surface area (Å²) in [6.45, 7) is 4.75. The molecule has 0 atom stereocenters. The molecular formula is C22H20N6OS2. The number of thioether (sulfide) groups is 1. The van der Waals surface area contributed by atoms with Gasteiger partial charge in [-0.05, 0) is 48.6 Å². The number of thiophene rings is 1. The summed E-state index contributed by atoms with van der Waals surface area (Å²) in [4.78, 5) is 13.3. The lowest BCUT2D eigenvalue weighted by Gasteiger charge is -2.03. The molecule has 156 valence electrons. The van der Waals surface area contributed by atoms with Crippen molar-refractivity contribution in [3.63, 3.8) is 0 Å². The quantitative estimate of drug-likeness (QED) is 0.395. The van der Waals surface area contributed by atoms with Crippen molar-refractivity contribution in [1.82, 2.24) is 29.5 Å². The number of hydrogen-bond donors (Lipinski definition) is 1. The maximum Gasteiger partial charge on any atom is 0.230 e. The van der Waals surface area contributed by atoms with E-state index in [-0.39, 0.29) is 11.7 Å². The Morgan fingerprint density at radius 1 is 1.13 bits per heavy atom. The van der Waals surface area contributed by atoms with E-state index in [9.17, 15) is 4.79 Å². The fraction of sp³-hybridized carbons (Fsp3) is 0.182. The molecule has 1 aromatic carbocycles. The molecule has 1 amide bonds. The Balaban J connectivity index is 1.36. The third-order valence-corrected chi connectivity index (χ3v) is 6.98. The molecule has 0 spiro atoms. The molecule has 0 saturated heterocycles. The summed E-state index contributed by atoms with van der Waals surface area (Å²) in [6.07, 6.45) is 3.77. The molecule has 4 heterocycles. The van der Waals surface area contributed by atoms with Gasteiger partial charge in [0.25, 0.3) is 0 Å². The SMILES string of the molecule is Cc1ccc(-c2cc3c4nnc(SCC(=O)NCc5cccs5)n4ccn3n2)cc1C.